The van der Waals surface area contributed by atoms with Crippen LogP contribution in [0.2, 0.25) is 0 Å². The van der Waals surface area contributed by atoms with Crippen molar-refractivity contribution in [1.29, 1.82) is 5.26 Å². The van der Waals surface area contributed by atoms with Crippen molar-refractivity contribution in [3.63, 3.8) is 0 Å². The average molecular weight is 570 g/mol. The monoisotopic (exact) mass is 569 g/mol. The molecule has 2 aromatic heterocycles. The van der Waals surface area contributed by atoms with E-state index in [-0.39, 0.29) is 17.6 Å². The van der Waals surface area contributed by atoms with Crippen LogP contribution in [0.15, 0.2) is 55.0 Å². The molecular weight excluding hydrogens is 534 g/mol. The van der Waals surface area contributed by atoms with Gasteiger partial charge in [-0.3, -0.25) is 14.1 Å². The van der Waals surface area contributed by atoms with Crippen molar-refractivity contribution in [1.82, 2.24) is 19.2 Å². The summed E-state index contributed by atoms with van der Waals surface area (Å²) in [5, 5.41) is 24.1. The molecule has 218 valence electrons. The van der Waals surface area contributed by atoms with Gasteiger partial charge in [0.05, 0.1) is 36.0 Å². The molecule has 4 aromatic rings. The van der Waals surface area contributed by atoms with E-state index in [9.17, 15) is 20.0 Å². The lowest BCUT2D eigenvalue weighted by Gasteiger charge is -2.40. The van der Waals surface area contributed by atoms with Gasteiger partial charge in [-0.25, -0.2) is 9.59 Å². The van der Waals surface area contributed by atoms with Gasteiger partial charge in [-0.15, -0.1) is 0 Å². The highest BCUT2D eigenvalue weighted by atomic mass is 16.6. The average Bonchev–Trinajstić information content (AvgIpc) is 3.62. The summed E-state index contributed by atoms with van der Waals surface area (Å²) in [6.07, 6.45) is 6.18. The molecule has 1 aliphatic rings. The number of piperidine rings is 1. The molecule has 42 heavy (non-hydrogen) atoms. The zero-order chi connectivity index (χ0) is 30.2. The molecule has 0 saturated carbocycles. The molecule has 0 aliphatic carbocycles. The molecule has 2 atom stereocenters. The fourth-order valence-electron chi connectivity index (χ4n) is 5.79. The fourth-order valence-corrected chi connectivity index (χ4v) is 5.79. The molecule has 1 aliphatic heterocycles. The number of nitriles is 1. The second-order valence-corrected chi connectivity index (χ2v) is 11.7. The van der Waals surface area contributed by atoms with Gasteiger partial charge in [0.2, 0.25) is 0 Å². The minimum atomic E-state index is -0.971. The molecule has 0 amide bonds. The summed E-state index contributed by atoms with van der Waals surface area (Å²) < 4.78 is 14.9. The number of likely N-dealkylation sites (tertiary alicyclic amines) is 1. The summed E-state index contributed by atoms with van der Waals surface area (Å²) in [6.45, 7) is 8.74. The van der Waals surface area contributed by atoms with Gasteiger partial charge in [0, 0.05) is 42.5 Å². The van der Waals surface area contributed by atoms with Crippen molar-refractivity contribution in [2.24, 2.45) is 0 Å². The van der Waals surface area contributed by atoms with Crippen LogP contribution in [-0.4, -0.2) is 55.7 Å². The number of aromatic nitrogens is 3. The van der Waals surface area contributed by atoms with E-state index in [0.29, 0.717) is 12.1 Å². The van der Waals surface area contributed by atoms with Crippen molar-refractivity contribution < 1.29 is 24.2 Å². The first-order valence-corrected chi connectivity index (χ1v) is 13.9. The van der Waals surface area contributed by atoms with Crippen LogP contribution < -0.4 is 4.74 Å². The van der Waals surface area contributed by atoms with Gasteiger partial charge in [0.15, 0.2) is 0 Å². The van der Waals surface area contributed by atoms with E-state index in [1.54, 1.807) is 42.4 Å². The first-order chi connectivity index (χ1) is 20.0. The van der Waals surface area contributed by atoms with Crippen LogP contribution >= 0.6 is 0 Å². The Morgan fingerprint density at radius 1 is 1.19 bits per heavy atom. The summed E-state index contributed by atoms with van der Waals surface area (Å²) in [5.41, 5.74) is 3.73. The van der Waals surface area contributed by atoms with Crippen molar-refractivity contribution in [2.75, 3.05) is 13.7 Å². The molecule has 10 nitrogen and oxygen atoms in total. The second-order valence-electron chi connectivity index (χ2n) is 11.7. The number of fused-ring (bicyclic) bond motifs is 1. The largest absolute Gasteiger partial charge is 0.496 e. The Kier molecular flexibility index (Phi) is 7.80. The Labute approximate surface area is 244 Å². The normalized spacial score (nSPS) is 17.6. The van der Waals surface area contributed by atoms with Crippen LogP contribution in [0.5, 0.6) is 5.75 Å². The van der Waals surface area contributed by atoms with Gasteiger partial charge in [-0.1, -0.05) is 12.1 Å². The summed E-state index contributed by atoms with van der Waals surface area (Å²) >= 11 is 0. The maximum Gasteiger partial charge on any atom is 0.419 e. The molecule has 1 N–H and O–H groups in total. The van der Waals surface area contributed by atoms with E-state index in [0.717, 1.165) is 52.7 Å². The molecule has 0 radical (unpaired) electrons. The number of rotatable bonds is 6. The van der Waals surface area contributed by atoms with Crippen molar-refractivity contribution in [3.8, 4) is 11.8 Å². The lowest BCUT2D eigenvalue weighted by atomic mass is 9.90. The molecular formula is C32H35N5O5. The number of hydrogen-bond donors (Lipinski definition) is 1. The Bertz CT molecular complexity index is 1670. The number of aryl methyl sites for hydroxylation is 1. The topological polar surface area (TPSA) is 123 Å². The number of carboxylic acids is 1. The number of hydrogen-bond acceptors (Lipinski definition) is 7. The van der Waals surface area contributed by atoms with Crippen LogP contribution in [0.25, 0.3) is 10.9 Å². The molecule has 0 spiro atoms. The van der Waals surface area contributed by atoms with Gasteiger partial charge in [-0.2, -0.15) is 10.4 Å². The number of benzene rings is 2. The summed E-state index contributed by atoms with van der Waals surface area (Å²) in [4.78, 5) is 27.0. The Hall–Kier alpha value is -4.62. The van der Waals surface area contributed by atoms with Crippen LogP contribution in [0, 0.1) is 18.3 Å². The van der Waals surface area contributed by atoms with Gasteiger partial charge in [-0.05, 0) is 75.9 Å². The third-order valence-electron chi connectivity index (χ3n) is 7.73. The predicted octanol–water partition coefficient (Wildman–Crippen LogP) is 6.09. The van der Waals surface area contributed by atoms with E-state index >= 15 is 0 Å². The Morgan fingerprint density at radius 2 is 1.93 bits per heavy atom. The Morgan fingerprint density at radius 3 is 2.55 bits per heavy atom. The van der Waals surface area contributed by atoms with Gasteiger partial charge >= 0.3 is 12.1 Å². The van der Waals surface area contributed by atoms with Gasteiger partial charge in [0.25, 0.3) is 0 Å². The molecule has 3 heterocycles. The molecule has 10 heteroatoms. The van der Waals surface area contributed by atoms with E-state index in [2.05, 4.69) is 16.1 Å². The number of nitrogens with zero attached hydrogens (tertiary/aromatic N) is 5. The lowest BCUT2D eigenvalue weighted by molar-refractivity contribution is 0.0543. The zero-order valence-electron chi connectivity index (χ0n) is 24.5. The highest BCUT2D eigenvalue weighted by Gasteiger charge is 2.33. The van der Waals surface area contributed by atoms with Gasteiger partial charge < -0.3 is 14.6 Å². The smallest absolute Gasteiger partial charge is 0.419 e. The number of carbonyl (C=O) groups is 2. The predicted molar refractivity (Wildman–Crippen MR) is 157 cm³/mol. The van der Waals surface area contributed by atoms with Crippen LogP contribution in [-0.2, 0) is 11.3 Å². The van der Waals surface area contributed by atoms with Crippen molar-refractivity contribution in [2.45, 2.75) is 64.8 Å². The number of carboxylic acid groups (broad SMARTS) is 1. The van der Waals surface area contributed by atoms with E-state index in [4.69, 9.17) is 9.47 Å². The highest BCUT2D eigenvalue weighted by Crippen LogP contribution is 2.40. The van der Waals surface area contributed by atoms with Crippen molar-refractivity contribution in [3.05, 3.63) is 82.8 Å². The first kappa shape index (κ1) is 28.9. The highest BCUT2D eigenvalue weighted by molar-refractivity contribution is 5.95. The molecule has 1 saturated heterocycles. The summed E-state index contributed by atoms with van der Waals surface area (Å²) in [6, 6.07) is 13.0. The quantitative estimate of drug-likeness (QED) is 0.296. The minimum Gasteiger partial charge on any atom is -0.496 e. The van der Waals surface area contributed by atoms with Crippen molar-refractivity contribution >= 4 is 23.0 Å². The number of carbonyl (C=O) groups excluding carboxylic acids is 1. The molecule has 1 fully saturated rings. The van der Waals surface area contributed by atoms with E-state index < -0.39 is 17.7 Å². The first-order valence-electron chi connectivity index (χ1n) is 13.9. The van der Waals surface area contributed by atoms with E-state index in [1.807, 2.05) is 56.6 Å². The maximum atomic E-state index is 13.1. The molecule has 5 rings (SSSR count). The van der Waals surface area contributed by atoms with Crippen LogP contribution in [0.4, 0.5) is 4.79 Å². The Balaban J connectivity index is 1.53. The zero-order valence-corrected chi connectivity index (χ0v) is 24.5. The maximum absolute atomic E-state index is 13.1. The number of methoxy groups -OCH3 is 1. The van der Waals surface area contributed by atoms with Crippen LogP contribution in [0.1, 0.15) is 78.3 Å². The number of aromatic carboxylic acids is 1. The number of ether oxygens (including phenoxy) is 2. The second kappa shape index (κ2) is 11.3. The standard InChI is InChI=1S/C32H35N5O5/c1-20-14-28(41-5)26(25-11-13-36(29(20)25)31(40)42-32(2,3)4)19-35-12-10-24(37-18-21(16-33)17-34-37)15-27(35)22-6-8-23(9-7-22)30(38)39/h6-9,11,13-14,17-18,24,27H,10,12,15,19H2,1-5H3,(H,38,39)/t24-,27-/m0/s1. The third kappa shape index (κ3) is 5.74. The fraction of sp³-hybridized carbons (Fsp3) is 0.375. The third-order valence-corrected chi connectivity index (χ3v) is 7.73. The van der Waals surface area contributed by atoms with Crippen LogP contribution in [0.3, 0.4) is 0 Å². The SMILES string of the molecule is COc1cc(C)c2c(ccn2C(=O)OC(C)(C)C)c1CN1CC[C@H](n2cc(C#N)cn2)C[C@H]1c1ccc(C(=O)O)cc1. The van der Waals surface area contributed by atoms with E-state index in [1.165, 1.54) is 0 Å². The summed E-state index contributed by atoms with van der Waals surface area (Å²) in [7, 11) is 1.65. The molecule has 0 unspecified atom stereocenters. The molecule has 2 aromatic carbocycles. The lowest BCUT2D eigenvalue weighted by Crippen LogP contribution is -2.37. The van der Waals surface area contributed by atoms with Gasteiger partial charge in [0.1, 0.15) is 17.4 Å². The summed E-state index contributed by atoms with van der Waals surface area (Å²) in [5.74, 6) is -0.239. The minimum absolute atomic E-state index is 0.0599. The molecule has 0 bridgehead atoms.